The molecule has 1 aromatic carbocycles. The molecule has 1 heterocycles. The van der Waals surface area contributed by atoms with Gasteiger partial charge >= 0.3 is 5.97 Å². The fraction of sp³-hybridized carbons (Fsp3) is 0.333. The summed E-state index contributed by atoms with van der Waals surface area (Å²) in [6.45, 7) is -0.0667. The van der Waals surface area contributed by atoms with Gasteiger partial charge in [0.05, 0.1) is 12.4 Å². The lowest BCUT2D eigenvalue weighted by Crippen LogP contribution is -2.36. The van der Waals surface area contributed by atoms with Crippen molar-refractivity contribution < 1.29 is 14.3 Å². The Morgan fingerprint density at radius 3 is 2.94 bits per heavy atom. The highest BCUT2D eigenvalue weighted by molar-refractivity contribution is 8.01. The lowest BCUT2D eigenvalue weighted by atomic mass is 10.1. The number of hydrogen-bond donors (Lipinski definition) is 1. The van der Waals surface area contributed by atoms with E-state index in [-0.39, 0.29) is 17.7 Å². The van der Waals surface area contributed by atoms with E-state index in [1.54, 1.807) is 0 Å². The summed E-state index contributed by atoms with van der Waals surface area (Å²) in [7, 11) is 1.30. The number of rotatable bonds is 3. The topological polar surface area (TPSA) is 55.4 Å². The van der Waals surface area contributed by atoms with Crippen molar-refractivity contribution in [1.29, 1.82) is 0 Å². The smallest absolute Gasteiger partial charge is 0.325 e. The fourth-order valence-electron chi connectivity index (χ4n) is 1.67. The summed E-state index contributed by atoms with van der Waals surface area (Å²) in [4.78, 5) is 23.8. The maximum Gasteiger partial charge on any atom is 0.325 e. The predicted octanol–water partition coefficient (Wildman–Crippen LogP) is 0.993. The normalized spacial score (nSPS) is 17.4. The van der Waals surface area contributed by atoms with Crippen LogP contribution in [0.1, 0.15) is 5.56 Å². The van der Waals surface area contributed by atoms with Crippen LogP contribution in [0.15, 0.2) is 29.2 Å². The van der Waals surface area contributed by atoms with Crippen LogP contribution in [0, 0.1) is 0 Å². The molecule has 90 valence electrons. The minimum Gasteiger partial charge on any atom is -0.468 e. The predicted molar refractivity (Wildman–Crippen MR) is 64.8 cm³/mol. The quantitative estimate of drug-likeness (QED) is 0.814. The highest BCUT2D eigenvalue weighted by Gasteiger charge is 2.27. The van der Waals surface area contributed by atoms with Crippen LogP contribution in [0.25, 0.3) is 0 Å². The number of esters is 1. The zero-order valence-corrected chi connectivity index (χ0v) is 10.3. The SMILES string of the molecule is COC(=O)CNC(=O)C1Cc2ccccc2S1. The third kappa shape index (κ3) is 2.79. The van der Waals surface area contributed by atoms with Crippen molar-refractivity contribution in [2.45, 2.75) is 16.6 Å². The minimum absolute atomic E-state index is 0.0667. The Morgan fingerprint density at radius 2 is 2.24 bits per heavy atom. The minimum atomic E-state index is -0.432. The molecule has 1 atom stereocenters. The summed E-state index contributed by atoms with van der Waals surface area (Å²) in [6.07, 6.45) is 0.716. The number of carbonyl (C=O) groups excluding carboxylic acids is 2. The van der Waals surface area contributed by atoms with Gasteiger partial charge < -0.3 is 10.1 Å². The number of amides is 1. The second-order valence-electron chi connectivity index (χ2n) is 3.71. The van der Waals surface area contributed by atoms with E-state index < -0.39 is 5.97 Å². The van der Waals surface area contributed by atoms with E-state index in [1.165, 1.54) is 24.4 Å². The largest absolute Gasteiger partial charge is 0.468 e. The van der Waals surface area contributed by atoms with Gasteiger partial charge in [-0.1, -0.05) is 18.2 Å². The molecule has 17 heavy (non-hydrogen) atoms. The van der Waals surface area contributed by atoms with Gasteiger partial charge in [-0.25, -0.2) is 0 Å². The first-order chi connectivity index (χ1) is 8.20. The van der Waals surface area contributed by atoms with Crippen LogP contribution >= 0.6 is 11.8 Å². The number of ether oxygens (including phenoxy) is 1. The number of nitrogens with one attached hydrogen (secondary N) is 1. The van der Waals surface area contributed by atoms with Crippen LogP contribution in [0.5, 0.6) is 0 Å². The maximum absolute atomic E-state index is 11.8. The molecule has 0 saturated carbocycles. The van der Waals surface area contributed by atoms with E-state index in [1.807, 2.05) is 24.3 Å². The van der Waals surface area contributed by atoms with Gasteiger partial charge in [-0.3, -0.25) is 9.59 Å². The Labute approximate surface area is 104 Å². The molecule has 1 aromatic rings. The summed E-state index contributed by atoms with van der Waals surface area (Å²) in [6, 6.07) is 7.96. The molecule has 5 heteroatoms. The first kappa shape index (κ1) is 12.0. The Hall–Kier alpha value is -1.49. The lowest BCUT2D eigenvalue weighted by molar-refractivity contribution is -0.141. The third-order valence-corrected chi connectivity index (χ3v) is 3.89. The average molecular weight is 251 g/mol. The van der Waals surface area contributed by atoms with Crippen LogP contribution in [-0.4, -0.2) is 30.8 Å². The van der Waals surface area contributed by atoms with Crippen LogP contribution < -0.4 is 5.32 Å². The molecule has 0 radical (unpaired) electrons. The van der Waals surface area contributed by atoms with E-state index in [2.05, 4.69) is 10.1 Å². The van der Waals surface area contributed by atoms with Gasteiger partial charge in [-0.15, -0.1) is 11.8 Å². The van der Waals surface area contributed by atoms with E-state index in [9.17, 15) is 9.59 Å². The van der Waals surface area contributed by atoms with Gasteiger partial charge in [-0.2, -0.15) is 0 Å². The zero-order chi connectivity index (χ0) is 12.3. The van der Waals surface area contributed by atoms with Crippen molar-refractivity contribution in [2.24, 2.45) is 0 Å². The molecule has 1 unspecified atom stereocenters. The molecule has 0 aliphatic carbocycles. The number of thioether (sulfide) groups is 1. The highest BCUT2D eigenvalue weighted by atomic mass is 32.2. The van der Waals surface area contributed by atoms with E-state index in [0.717, 1.165) is 4.90 Å². The molecule has 1 N–H and O–H groups in total. The lowest BCUT2D eigenvalue weighted by Gasteiger charge is -2.08. The Balaban J connectivity index is 1.90. The van der Waals surface area contributed by atoms with E-state index in [4.69, 9.17) is 0 Å². The fourth-order valence-corrected chi connectivity index (χ4v) is 2.89. The molecule has 1 amide bonds. The summed E-state index contributed by atoms with van der Waals surface area (Å²) in [5, 5.41) is 2.43. The number of carbonyl (C=O) groups is 2. The standard InChI is InChI=1S/C12H13NO3S/c1-16-11(14)7-13-12(15)10-6-8-4-2-3-5-9(8)17-10/h2-5,10H,6-7H2,1H3,(H,13,15). The van der Waals surface area contributed by atoms with Gasteiger partial charge in [0.1, 0.15) is 6.54 Å². The molecule has 0 aromatic heterocycles. The van der Waals surface area contributed by atoms with E-state index in [0.29, 0.717) is 6.42 Å². The van der Waals surface area contributed by atoms with Crippen LogP contribution in [-0.2, 0) is 20.7 Å². The Kier molecular flexibility index (Phi) is 3.68. The number of methoxy groups -OCH3 is 1. The van der Waals surface area contributed by atoms with Crippen LogP contribution in [0.4, 0.5) is 0 Å². The molecule has 1 aliphatic heterocycles. The third-order valence-electron chi connectivity index (χ3n) is 2.57. The molecular formula is C12H13NO3S. The summed E-state index contributed by atoms with van der Waals surface area (Å²) < 4.78 is 4.46. The van der Waals surface area contributed by atoms with Crippen molar-refractivity contribution in [1.82, 2.24) is 5.32 Å². The first-order valence-corrected chi connectivity index (χ1v) is 6.18. The highest BCUT2D eigenvalue weighted by Crippen LogP contribution is 2.36. The van der Waals surface area contributed by atoms with Crippen molar-refractivity contribution in [3.05, 3.63) is 29.8 Å². The van der Waals surface area contributed by atoms with Gasteiger partial charge in [0.15, 0.2) is 0 Å². The summed E-state index contributed by atoms with van der Waals surface area (Å²) >= 11 is 1.54. The molecule has 0 fully saturated rings. The average Bonchev–Trinajstić information content (AvgIpc) is 2.79. The van der Waals surface area contributed by atoms with Crippen molar-refractivity contribution in [3.63, 3.8) is 0 Å². The molecule has 0 spiro atoms. The molecule has 2 rings (SSSR count). The second-order valence-corrected chi connectivity index (χ2v) is 4.96. The number of benzene rings is 1. The Morgan fingerprint density at radius 1 is 1.47 bits per heavy atom. The monoisotopic (exact) mass is 251 g/mol. The summed E-state index contributed by atoms with van der Waals surface area (Å²) in [5.74, 6) is -0.546. The molecular weight excluding hydrogens is 238 g/mol. The van der Waals surface area contributed by atoms with Crippen molar-refractivity contribution >= 4 is 23.6 Å². The molecule has 0 bridgehead atoms. The number of fused-ring (bicyclic) bond motifs is 1. The Bertz CT molecular complexity index is 422. The van der Waals surface area contributed by atoms with Gasteiger partial charge in [-0.05, 0) is 18.1 Å². The van der Waals surface area contributed by atoms with Crippen LogP contribution in [0.2, 0.25) is 0 Å². The molecule has 0 saturated heterocycles. The molecule has 4 nitrogen and oxygen atoms in total. The van der Waals surface area contributed by atoms with Crippen molar-refractivity contribution in [3.8, 4) is 0 Å². The first-order valence-electron chi connectivity index (χ1n) is 5.30. The van der Waals surface area contributed by atoms with Gasteiger partial charge in [0.25, 0.3) is 0 Å². The van der Waals surface area contributed by atoms with Gasteiger partial charge in [0, 0.05) is 4.90 Å². The second kappa shape index (κ2) is 5.23. The van der Waals surface area contributed by atoms with Crippen molar-refractivity contribution in [2.75, 3.05) is 13.7 Å². The summed E-state index contributed by atoms with van der Waals surface area (Å²) in [5.41, 5.74) is 1.19. The van der Waals surface area contributed by atoms with Gasteiger partial charge in [0.2, 0.25) is 5.91 Å². The zero-order valence-electron chi connectivity index (χ0n) is 9.43. The maximum atomic E-state index is 11.8. The van der Waals surface area contributed by atoms with Crippen LogP contribution in [0.3, 0.4) is 0 Å². The molecule has 1 aliphatic rings. The van der Waals surface area contributed by atoms with E-state index >= 15 is 0 Å². The number of hydrogen-bond acceptors (Lipinski definition) is 4.